The molecule has 0 radical (unpaired) electrons. The number of unbranched alkanes of at least 4 members (excludes halogenated alkanes) is 4. The topological polar surface area (TPSA) is 61.1 Å². The third-order valence-corrected chi connectivity index (χ3v) is 8.15. The zero-order valence-corrected chi connectivity index (χ0v) is 18.4. The van der Waals surface area contributed by atoms with Crippen LogP contribution in [0.1, 0.15) is 117 Å². The number of rotatable bonds is 11. The van der Waals surface area contributed by atoms with Crippen LogP contribution in [-0.4, -0.2) is 11.1 Å². The molecular formula is C25H43NO2. The van der Waals surface area contributed by atoms with E-state index >= 15 is 0 Å². The molecule has 28 heavy (non-hydrogen) atoms. The minimum atomic E-state index is -0.740. The molecule has 3 heteroatoms. The molecule has 0 aromatic rings. The lowest BCUT2D eigenvalue weighted by Crippen LogP contribution is -2.35. The Morgan fingerprint density at radius 1 is 1.04 bits per heavy atom. The Labute approximate surface area is 173 Å². The Morgan fingerprint density at radius 3 is 2.21 bits per heavy atom. The molecule has 2 fully saturated rings. The third-order valence-electron chi connectivity index (χ3n) is 8.15. The van der Waals surface area contributed by atoms with Crippen molar-refractivity contribution in [3.63, 3.8) is 0 Å². The highest BCUT2D eigenvalue weighted by Gasteiger charge is 2.42. The predicted molar refractivity (Wildman–Crippen MR) is 115 cm³/mol. The van der Waals surface area contributed by atoms with E-state index in [-0.39, 0.29) is 17.8 Å². The Morgan fingerprint density at radius 2 is 1.64 bits per heavy atom. The van der Waals surface area contributed by atoms with Crippen LogP contribution < -0.4 is 0 Å². The normalized spacial score (nSPS) is 31.8. The van der Waals surface area contributed by atoms with Crippen molar-refractivity contribution in [2.75, 3.05) is 0 Å². The summed E-state index contributed by atoms with van der Waals surface area (Å²) in [5.74, 6) is 2.10. The van der Waals surface area contributed by atoms with Gasteiger partial charge in [0.15, 0.2) is 0 Å². The molecule has 0 amide bonds. The van der Waals surface area contributed by atoms with Gasteiger partial charge in [0.2, 0.25) is 0 Å². The van der Waals surface area contributed by atoms with Crippen LogP contribution in [0.4, 0.5) is 0 Å². The first-order valence-corrected chi connectivity index (χ1v) is 12.1. The quantitative estimate of drug-likeness (QED) is 0.376. The lowest BCUT2D eigenvalue weighted by Gasteiger charge is -2.43. The van der Waals surface area contributed by atoms with Gasteiger partial charge in [0.25, 0.3) is 0 Å². The standard InChI is InChI=1S/C25H43NO2/c1-3-4-5-6-7-8-21-10-12-22(13-11-21)23-15-17-25(19-26,18-16-23)20(2)9-14-24(27)28/h20-23H,3-18H2,1-2H3,(H,27,28)/t20-,21?,22?,23?,25?/m1/s1. The van der Waals surface area contributed by atoms with E-state index in [9.17, 15) is 10.1 Å². The van der Waals surface area contributed by atoms with Gasteiger partial charge in [0.05, 0.1) is 11.5 Å². The molecule has 0 heterocycles. The van der Waals surface area contributed by atoms with E-state index in [1.165, 1.54) is 77.0 Å². The highest BCUT2D eigenvalue weighted by Crippen LogP contribution is 2.49. The fourth-order valence-corrected chi connectivity index (χ4v) is 5.94. The summed E-state index contributed by atoms with van der Waals surface area (Å²) in [6.45, 7) is 4.38. The molecule has 0 unspecified atom stereocenters. The van der Waals surface area contributed by atoms with Gasteiger partial charge in [0.1, 0.15) is 0 Å². The first-order chi connectivity index (χ1) is 13.5. The number of nitrogens with zero attached hydrogens (tertiary/aromatic N) is 1. The number of hydrogen-bond acceptors (Lipinski definition) is 2. The third kappa shape index (κ3) is 6.78. The minimum Gasteiger partial charge on any atom is -0.481 e. The second-order valence-corrected chi connectivity index (χ2v) is 9.92. The maximum absolute atomic E-state index is 10.9. The molecule has 2 saturated carbocycles. The maximum atomic E-state index is 10.9. The molecule has 0 aliphatic heterocycles. The van der Waals surface area contributed by atoms with Gasteiger partial charge in [-0.2, -0.15) is 5.26 Å². The highest BCUT2D eigenvalue weighted by molar-refractivity contribution is 5.66. The van der Waals surface area contributed by atoms with E-state index in [2.05, 4.69) is 19.9 Å². The van der Waals surface area contributed by atoms with E-state index in [0.717, 1.165) is 30.6 Å². The summed E-state index contributed by atoms with van der Waals surface area (Å²) < 4.78 is 0. The summed E-state index contributed by atoms with van der Waals surface area (Å²) in [4.78, 5) is 10.9. The van der Waals surface area contributed by atoms with E-state index in [1.54, 1.807) is 0 Å². The molecule has 1 atom stereocenters. The summed E-state index contributed by atoms with van der Waals surface area (Å²) in [6, 6.07) is 2.62. The van der Waals surface area contributed by atoms with Gasteiger partial charge in [-0.05, 0) is 68.6 Å². The molecule has 0 aromatic carbocycles. The molecule has 3 nitrogen and oxygen atoms in total. The van der Waals surface area contributed by atoms with E-state index < -0.39 is 5.97 Å². The van der Waals surface area contributed by atoms with Crippen molar-refractivity contribution in [3.05, 3.63) is 0 Å². The van der Waals surface area contributed by atoms with Crippen LogP contribution in [0.2, 0.25) is 0 Å². The number of carboxylic acid groups (broad SMARTS) is 1. The fraction of sp³-hybridized carbons (Fsp3) is 0.920. The Hall–Kier alpha value is -1.04. The average Bonchev–Trinajstić information content (AvgIpc) is 2.72. The molecule has 0 bridgehead atoms. The highest BCUT2D eigenvalue weighted by atomic mass is 16.4. The van der Waals surface area contributed by atoms with Gasteiger partial charge in [-0.25, -0.2) is 0 Å². The number of carbonyl (C=O) groups is 1. The molecule has 0 aromatic heterocycles. The van der Waals surface area contributed by atoms with Gasteiger partial charge < -0.3 is 5.11 Å². The smallest absolute Gasteiger partial charge is 0.303 e. The van der Waals surface area contributed by atoms with E-state index in [4.69, 9.17) is 5.11 Å². The molecule has 2 aliphatic rings. The molecule has 160 valence electrons. The zero-order valence-electron chi connectivity index (χ0n) is 18.4. The van der Waals surface area contributed by atoms with E-state index in [0.29, 0.717) is 6.42 Å². The van der Waals surface area contributed by atoms with Crippen molar-refractivity contribution in [2.24, 2.45) is 29.1 Å². The fourth-order valence-electron chi connectivity index (χ4n) is 5.94. The van der Waals surface area contributed by atoms with Gasteiger partial charge in [-0.3, -0.25) is 4.79 Å². The molecular weight excluding hydrogens is 346 g/mol. The van der Waals surface area contributed by atoms with Gasteiger partial charge in [0, 0.05) is 6.42 Å². The predicted octanol–water partition coefficient (Wildman–Crippen LogP) is 7.35. The maximum Gasteiger partial charge on any atom is 0.303 e. The molecule has 2 rings (SSSR count). The zero-order chi connectivity index (χ0) is 20.4. The van der Waals surface area contributed by atoms with Crippen LogP contribution in [-0.2, 0) is 4.79 Å². The van der Waals surface area contributed by atoms with Crippen molar-refractivity contribution in [1.82, 2.24) is 0 Å². The van der Waals surface area contributed by atoms with Crippen LogP contribution in [0, 0.1) is 40.4 Å². The van der Waals surface area contributed by atoms with Crippen molar-refractivity contribution < 1.29 is 9.90 Å². The van der Waals surface area contributed by atoms with E-state index in [1.807, 2.05) is 0 Å². The summed E-state index contributed by atoms with van der Waals surface area (Å²) in [6.07, 6.45) is 19.2. The first kappa shape index (κ1) is 23.2. The lowest BCUT2D eigenvalue weighted by molar-refractivity contribution is -0.137. The summed E-state index contributed by atoms with van der Waals surface area (Å²) in [5.41, 5.74) is -0.276. The van der Waals surface area contributed by atoms with Crippen LogP contribution in [0.15, 0.2) is 0 Å². The second-order valence-electron chi connectivity index (χ2n) is 9.92. The van der Waals surface area contributed by atoms with Crippen molar-refractivity contribution in [1.29, 1.82) is 5.26 Å². The van der Waals surface area contributed by atoms with Gasteiger partial charge >= 0.3 is 5.97 Å². The number of hydrogen-bond donors (Lipinski definition) is 1. The van der Waals surface area contributed by atoms with Crippen molar-refractivity contribution in [3.8, 4) is 6.07 Å². The van der Waals surface area contributed by atoms with Crippen molar-refractivity contribution >= 4 is 5.97 Å². The van der Waals surface area contributed by atoms with Crippen LogP contribution >= 0.6 is 0 Å². The van der Waals surface area contributed by atoms with Crippen LogP contribution in [0.3, 0.4) is 0 Å². The SMILES string of the molecule is CCCCCCCC1CCC(C2CCC(C#N)([C@H](C)CCC(=O)O)CC2)CC1. The Kier molecular flexibility index (Phi) is 9.83. The lowest BCUT2D eigenvalue weighted by atomic mass is 9.60. The molecule has 1 N–H and O–H groups in total. The first-order valence-electron chi connectivity index (χ1n) is 12.1. The monoisotopic (exact) mass is 389 g/mol. The van der Waals surface area contributed by atoms with Gasteiger partial charge in [-0.1, -0.05) is 65.2 Å². The number of carboxylic acids is 1. The Balaban J connectivity index is 1.70. The molecule has 0 saturated heterocycles. The number of nitriles is 1. The minimum absolute atomic E-state index is 0.191. The average molecular weight is 390 g/mol. The molecule has 2 aliphatic carbocycles. The van der Waals surface area contributed by atoms with Crippen molar-refractivity contribution in [2.45, 2.75) is 117 Å². The van der Waals surface area contributed by atoms with Crippen LogP contribution in [0.25, 0.3) is 0 Å². The summed E-state index contributed by atoms with van der Waals surface area (Å²) in [7, 11) is 0. The summed E-state index contributed by atoms with van der Waals surface area (Å²) >= 11 is 0. The van der Waals surface area contributed by atoms with Gasteiger partial charge in [-0.15, -0.1) is 0 Å². The Bertz CT molecular complexity index is 493. The summed E-state index contributed by atoms with van der Waals surface area (Å²) in [5, 5.41) is 18.8. The largest absolute Gasteiger partial charge is 0.481 e. The van der Waals surface area contributed by atoms with Crippen LogP contribution in [0.5, 0.6) is 0 Å². The number of aliphatic carboxylic acids is 1. The second kappa shape index (κ2) is 11.8. The molecule has 0 spiro atoms.